The van der Waals surface area contributed by atoms with Gasteiger partial charge in [-0.05, 0) is 19.1 Å². The number of rotatable bonds is 3. The second kappa shape index (κ2) is 4.61. The van der Waals surface area contributed by atoms with Crippen LogP contribution in [-0.4, -0.2) is 16.6 Å². The standard InChI is InChI=1S/C12H13N3O/c1-2-16-12-8-14-7-11(15-12)9-3-5-10(13)6-4-9/h3-8H,2,13H2,1H3. The van der Waals surface area contributed by atoms with E-state index in [1.54, 1.807) is 12.4 Å². The van der Waals surface area contributed by atoms with E-state index in [9.17, 15) is 0 Å². The first-order valence-electron chi connectivity index (χ1n) is 5.10. The van der Waals surface area contributed by atoms with E-state index in [1.165, 1.54) is 0 Å². The molecule has 0 fully saturated rings. The highest BCUT2D eigenvalue weighted by Gasteiger charge is 2.01. The smallest absolute Gasteiger partial charge is 0.232 e. The summed E-state index contributed by atoms with van der Waals surface area (Å²) in [7, 11) is 0. The summed E-state index contributed by atoms with van der Waals surface area (Å²) in [5.41, 5.74) is 8.11. The molecule has 4 nitrogen and oxygen atoms in total. The molecule has 1 heterocycles. The summed E-state index contributed by atoms with van der Waals surface area (Å²) in [4.78, 5) is 8.42. The topological polar surface area (TPSA) is 61.0 Å². The maximum absolute atomic E-state index is 5.62. The van der Waals surface area contributed by atoms with Crippen LogP contribution in [0.4, 0.5) is 5.69 Å². The molecule has 0 saturated carbocycles. The largest absolute Gasteiger partial charge is 0.477 e. The maximum Gasteiger partial charge on any atom is 0.232 e. The van der Waals surface area contributed by atoms with E-state index in [0.717, 1.165) is 16.9 Å². The molecular weight excluding hydrogens is 202 g/mol. The van der Waals surface area contributed by atoms with Crippen molar-refractivity contribution in [2.24, 2.45) is 0 Å². The normalized spacial score (nSPS) is 10.1. The zero-order valence-electron chi connectivity index (χ0n) is 9.05. The summed E-state index contributed by atoms with van der Waals surface area (Å²) in [6.07, 6.45) is 3.30. The molecule has 82 valence electrons. The van der Waals surface area contributed by atoms with Gasteiger partial charge in [0.1, 0.15) is 0 Å². The molecule has 0 bridgehead atoms. The van der Waals surface area contributed by atoms with Crippen LogP contribution >= 0.6 is 0 Å². The third-order valence-corrected chi connectivity index (χ3v) is 2.11. The number of hydrogen-bond donors (Lipinski definition) is 1. The van der Waals surface area contributed by atoms with Crippen molar-refractivity contribution < 1.29 is 4.74 Å². The maximum atomic E-state index is 5.62. The summed E-state index contributed by atoms with van der Waals surface area (Å²) in [5.74, 6) is 0.539. The minimum Gasteiger partial charge on any atom is -0.477 e. The van der Waals surface area contributed by atoms with Crippen LogP contribution in [0.3, 0.4) is 0 Å². The van der Waals surface area contributed by atoms with Crippen LogP contribution in [-0.2, 0) is 0 Å². The Bertz CT molecular complexity index is 468. The van der Waals surface area contributed by atoms with Crippen molar-refractivity contribution in [1.82, 2.24) is 9.97 Å². The highest BCUT2D eigenvalue weighted by molar-refractivity contribution is 5.61. The Morgan fingerprint density at radius 1 is 1.19 bits per heavy atom. The van der Waals surface area contributed by atoms with Crippen LogP contribution in [0.25, 0.3) is 11.3 Å². The highest BCUT2D eigenvalue weighted by atomic mass is 16.5. The molecule has 1 aromatic carbocycles. The van der Waals surface area contributed by atoms with Gasteiger partial charge in [-0.15, -0.1) is 0 Å². The van der Waals surface area contributed by atoms with Gasteiger partial charge in [-0.25, -0.2) is 4.98 Å². The monoisotopic (exact) mass is 215 g/mol. The summed E-state index contributed by atoms with van der Waals surface area (Å²) in [5, 5.41) is 0. The van der Waals surface area contributed by atoms with Crippen molar-refractivity contribution in [2.75, 3.05) is 12.3 Å². The number of benzene rings is 1. The highest BCUT2D eigenvalue weighted by Crippen LogP contribution is 2.19. The number of ether oxygens (including phenoxy) is 1. The molecule has 1 aromatic heterocycles. The fourth-order valence-corrected chi connectivity index (χ4v) is 1.36. The predicted octanol–water partition coefficient (Wildman–Crippen LogP) is 2.12. The van der Waals surface area contributed by atoms with Crippen molar-refractivity contribution in [1.29, 1.82) is 0 Å². The third kappa shape index (κ3) is 2.28. The summed E-state index contributed by atoms with van der Waals surface area (Å²) in [6, 6.07) is 7.50. The molecule has 0 atom stereocenters. The number of nitrogens with two attached hydrogens (primary N) is 1. The van der Waals surface area contributed by atoms with Crippen LogP contribution < -0.4 is 10.5 Å². The predicted molar refractivity (Wildman–Crippen MR) is 63.0 cm³/mol. The second-order valence-electron chi connectivity index (χ2n) is 3.30. The molecule has 0 unspecified atom stereocenters. The minimum absolute atomic E-state index is 0.539. The van der Waals surface area contributed by atoms with E-state index >= 15 is 0 Å². The van der Waals surface area contributed by atoms with Gasteiger partial charge < -0.3 is 10.5 Å². The Hall–Kier alpha value is -2.10. The Morgan fingerprint density at radius 2 is 1.94 bits per heavy atom. The zero-order valence-corrected chi connectivity index (χ0v) is 9.05. The van der Waals surface area contributed by atoms with Crippen molar-refractivity contribution in [2.45, 2.75) is 6.92 Å². The van der Waals surface area contributed by atoms with Crippen LogP contribution in [0, 0.1) is 0 Å². The van der Waals surface area contributed by atoms with E-state index < -0.39 is 0 Å². The van der Waals surface area contributed by atoms with Crippen LogP contribution in [0.2, 0.25) is 0 Å². The van der Waals surface area contributed by atoms with Crippen LogP contribution in [0.1, 0.15) is 6.92 Å². The van der Waals surface area contributed by atoms with Gasteiger partial charge in [-0.1, -0.05) is 12.1 Å². The Kier molecular flexibility index (Phi) is 3.00. The molecule has 16 heavy (non-hydrogen) atoms. The van der Waals surface area contributed by atoms with E-state index in [1.807, 2.05) is 31.2 Å². The number of anilines is 1. The molecule has 0 aliphatic heterocycles. The van der Waals surface area contributed by atoms with Gasteiger partial charge in [0.05, 0.1) is 24.7 Å². The van der Waals surface area contributed by atoms with Gasteiger partial charge in [0.15, 0.2) is 0 Å². The first-order valence-corrected chi connectivity index (χ1v) is 5.10. The van der Waals surface area contributed by atoms with Gasteiger partial charge in [0.2, 0.25) is 5.88 Å². The van der Waals surface area contributed by atoms with Gasteiger partial charge in [-0.2, -0.15) is 0 Å². The third-order valence-electron chi connectivity index (χ3n) is 2.11. The van der Waals surface area contributed by atoms with E-state index in [-0.39, 0.29) is 0 Å². The molecule has 0 aliphatic rings. The fourth-order valence-electron chi connectivity index (χ4n) is 1.36. The first kappa shape index (κ1) is 10.4. The molecule has 2 N–H and O–H groups in total. The fraction of sp³-hybridized carbons (Fsp3) is 0.167. The average Bonchev–Trinajstić information content (AvgIpc) is 2.31. The molecule has 4 heteroatoms. The van der Waals surface area contributed by atoms with Crippen molar-refractivity contribution in [3.8, 4) is 17.1 Å². The Morgan fingerprint density at radius 3 is 2.62 bits per heavy atom. The molecular formula is C12H13N3O. The van der Waals surface area contributed by atoms with Gasteiger partial charge in [-0.3, -0.25) is 4.98 Å². The molecule has 0 amide bonds. The Balaban J connectivity index is 2.32. The first-order chi connectivity index (χ1) is 7.79. The number of aromatic nitrogens is 2. The van der Waals surface area contributed by atoms with E-state index in [4.69, 9.17) is 10.5 Å². The van der Waals surface area contributed by atoms with Crippen molar-refractivity contribution in [3.05, 3.63) is 36.7 Å². The lowest BCUT2D eigenvalue weighted by molar-refractivity contribution is 0.325. The molecule has 0 aliphatic carbocycles. The lowest BCUT2D eigenvalue weighted by atomic mass is 10.1. The Labute approximate surface area is 94.1 Å². The SMILES string of the molecule is CCOc1cncc(-c2ccc(N)cc2)n1. The van der Waals surface area contributed by atoms with Gasteiger partial charge >= 0.3 is 0 Å². The lowest BCUT2D eigenvalue weighted by Gasteiger charge is -2.04. The molecule has 0 spiro atoms. The van der Waals surface area contributed by atoms with Crippen molar-refractivity contribution >= 4 is 5.69 Å². The molecule has 2 rings (SSSR count). The number of nitrogen functional groups attached to an aromatic ring is 1. The quantitative estimate of drug-likeness (QED) is 0.797. The summed E-state index contributed by atoms with van der Waals surface area (Å²) >= 11 is 0. The average molecular weight is 215 g/mol. The van der Waals surface area contributed by atoms with Gasteiger partial charge in [0, 0.05) is 11.3 Å². The molecule has 0 saturated heterocycles. The van der Waals surface area contributed by atoms with Crippen LogP contribution in [0.5, 0.6) is 5.88 Å². The molecule has 2 aromatic rings. The van der Waals surface area contributed by atoms with Gasteiger partial charge in [0.25, 0.3) is 0 Å². The summed E-state index contributed by atoms with van der Waals surface area (Å²) < 4.78 is 5.29. The van der Waals surface area contributed by atoms with E-state index in [0.29, 0.717) is 12.5 Å². The van der Waals surface area contributed by atoms with Crippen molar-refractivity contribution in [3.63, 3.8) is 0 Å². The minimum atomic E-state index is 0.539. The number of nitrogens with zero attached hydrogens (tertiary/aromatic N) is 2. The summed E-state index contributed by atoms with van der Waals surface area (Å²) in [6.45, 7) is 2.50. The second-order valence-corrected chi connectivity index (χ2v) is 3.30. The zero-order chi connectivity index (χ0) is 11.4. The number of hydrogen-bond acceptors (Lipinski definition) is 4. The molecule has 0 radical (unpaired) electrons. The lowest BCUT2D eigenvalue weighted by Crippen LogP contribution is -1.96. The van der Waals surface area contributed by atoms with E-state index in [2.05, 4.69) is 9.97 Å². The van der Waals surface area contributed by atoms with Crippen LogP contribution in [0.15, 0.2) is 36.7 Å².